The number of aliphatic carboxylic acids is 1. The van der Waals surface area contributed by atoms with Gasteiger partial charge >= 0.3 is 5.97 Å². The van der Waals surface area contributed by atoms with E-state index in [0.29, 0.717) is 17.8 Å². The Balaban J connectivity index is 1.83. The molecule has 0 radical (unpaired) electrons. The second-order valence-electron chi connectivity index (χ2n) is 6.15. The zero-order valence-corrected chi connectivity index (χ0v) is 13.7. The predicted molar refractivity (Wildman–Crippen MR) is 80.7 cm³/mol. The number of hydrogen-bond acceptors (Lipinski definition) is 5. The Labute approximate surface area is 132 Å². The Morgan fingerprint density at radius 3 is 2.73 bits per heavy atom. The van der Waals surface area contributed by atoms with Crippen molar-refractivity contribution in [2.75, 3.05) is 19.3 Å². The van der Waals surface area contributed by atoms with E-state index < -0.39 is 21.2 Å². The van der Waals surface area contributed by atoms with Crippen LogP contribution in [0.5, 0.6) is 0 Å². The molecule has 0 aromatic carbocycles. The lowest BCUT2D eigenvalue weighted by atomic mass is 9.81. The summed E-state index contributed by atoms with van der Waals surface area (Å²) in [7, 11) is -3.33. The van der Waals surface area contributed by atoms with E-state index >= 15 is 0 Å². The van der Waals surface area contributed by atoms with Gasteiger partial charge in [-0.05, 0) is 24.8 Å². The highest BCUT2D eigenvalue weighted by atomic mass is 32.2. The molecule has 22 heavy (non-hydrogen) atoms. The Kier molecular flexibility index (Phi) is 3.56. The number of carboxylic acids is 1. The largest absolute Gasteiger partial charge is 0.481 e. The predicted octanol–water partition coefficient (Wildman–Crippen LogP) is 1.48. The molecule has 2 atom stereocenters. The van der Waals surface area contributed by atoms with E-state index in [9.17, 15) is 23.1 Å². The van der Waals surface area contributed by atoms with Crippen molar-refractivity contribution in [3.8, 4) is 0 Å². The summed E-state index contributed by atoms with van der Waals surface area (Å²) in [5, 5.41) is 11.0. The third-order valence-corrected chi connectivity index (χ3v) is 6.96. The second kappa shape index (κ2) is 5.06. The molecule has 8 heteroatoms. The van der Waals surface area contributed by atoms with Crippen LogP contribution < -0.4 is 0 Å². The molecule has 1 N–H and O–H groups in total. The Morgan fingerprint density at radius 1 is 1.45 bits per heavy atom. The molecule has 120 valence electrons. The Morgan fingerprint density at radius 2 is 2.18 bits per heavy atom. The molecular weight excluding hydrogens is 326 g/mol. The fraction of sp³-hybridized carbons (Fsp3) is 0.571. The SMILES string of the molecule is CS(=O)(=O)c1csc(C(=O)N2C[C@@H]3CCC[C@@]3(C(=O)O)C2)c1. The van der Waals surface area contributed by atoms with Gasteiger partial charge in [0.25, 0.3) is 5.91 Å². The zero-order valence-electron chi connectivity index (χ0n) is 12.1. The maximum absolute atomic E-state index is 12.5. The van der Waals surface area contributed by atoms with Crippen LogP contribution >= 0.6 is 11.3 Å². The van der Waals surface area contributed by atoms with Gasteiger partial charge < -0.3 is 10.0 Å². The van der Waals surface area contributed by atoms with Gasteiger partial charge in [0.2, 0.25) is 0 Å². The van der Waals surface area contributed by atoms with Gasteiger partial charge in [-0.25, -0.2) is 8.42 Å². The average Bonchev–Trinajstić information content (AvgIpc) is 3.10. The number of sulfone groups is 1. The quantitative estimate of drug-likeness (QED) is 0.897. The standard InChI is InChI=1S/C14H17NO5S2/c1-22(19,20)10-5-11(21-7-10)12(16)15-6-9-3-2-4-14(9,8-15)13(17)18/h5,7,9H,2-4,6,8H2,1H3,(H,17,18)/t9-,14+/m0/s1. The monoisotopic (exact) mass is 343 g/mol. The van der Waals surface area contributed by atoms with Crippen LogP contribution in [0.3, 0.4) is 0 Å². The number of thiophene rings is 1. The number of rotatable bonds is 3. The smallest absolute Gasteiger partial charge is 0.311 e. The third kappa shape index (κ3) is 2.34. The normalized spacial score (nSPS) is 27.9. The van der Waals surface area contributed by atoms with E-state index in [1.54, 1.807) is 4.90 Å². The van der Waals surface area contributed by atoms with E-state index in [2.05, 4.69) is 0 Å². The fourth-order valence-corrected chi connectivity index (χ4v) is 5.56. The van der Waals surface area contributed by atoms with Gasteiger partial charge in [-0.1, -0.05) is 6.42 Å². The topological polar surface area (TPSA) is 91.8 Å². The highest BCUT2D eigenvalue weighted by Crippen LogP contribution is 2.49. The molecule has 1 aliphatic heterocycles. The Hall–Kier alpha value is -1.41. The van der Waals surface area contributed by atoms with Crippen LogP contribution in [0.15, 0.2) is 16.3 Å². The van der Waals surface area contributed by atoms with Crippen molar-refractivity contribution >= 4 is 33.1 Å². The summed E-state index contributed by atoms with van der Waals surface area (Å²) in [6.07, 6.45) is 3.42. The number of likely N-dealkylation sites (tertiary alicyclic amines) is 1. The molecule has 1 saturated carbocycles. The first-order valence-corrected chi connectivity index (χ1v) is 9.82. The molecule has 2 heterocycles. The minimum Gasteiger partial charge on any atom is -0.481 e. The van der Waals surface area contributed by atoms with Crippen LogP contribution in [0.4, 0.5) is 0 Å². The van der Waals surface area contributed by atoms with Crippen molar-refractivity contribution in [1.29, 1.82) is 0 Å². The van der Waals surface area contributed by atoms with Crippen molar-refractivity contribution in [3.63, 3.8) is 0 Å². The van der Waals surface area contributed by atoms with Gasteiger partial charge in [0, 0.05) is 24.7 Å². The van der Waals surface area contributed by atoms with Crippen LogP contribution in [0.2, 0.25) is 0 Å². The molecule has 0 unspecified atom stereocenters. The van der Waals surface area contributed by atoms with Crippen molar-refractivity contribution in [2.24, 2.45) is 11.3 Å². The highest BCUT2D eigenvalue weighted by molar-refractivity contribution is 7.90. The number of carbonyl (C=O) groups is 2. The molecule has 1 aliphatic carbocycles. The summed E-state index contributed by atoms with van der Waals surface area (Å²) >= 11 is 1.09. The summed E-state index contributed by atoms with van der Waals surface area (Å²) in [5.74, 6) is -1.09. The third-order valence-electron chi connectivity index (χ3n) is 4.80. The van der Waals surface area contributed by atoms with Crippen LogP contribution in [-0.4, -0.2) is 49.6 Å². The van der Waals surface area contributed by atoms with Crippen LogP contribution in [-0.2, 0) is 14.6 Å². The van der Waals surface area contributed by atoms with Gasteiger partial charge in [-0.3, -0.25) is 9.59 Å². The van der Waals surface area contributed by atoms with E-state index in [0.717, 1.165) is 30.4 Å². The number of carboxylic acid groups (broad SMARTS) is 1. The molecule has 1 amide bonds. The summed E-state index contributed by atoms with van der Waals surface area (Å²) in [6, 6.07) is 1.38. The van der Waals surface area contributed by atoms with E-state index in [4.69, 9.17) is 0 Å². The summed E-state index contributed by atoms with van der Waals surface area (Å²) < 4.78 is 23.0. The van der Waals surface area contributed by atoms with Crippen molar-refractivity contribution < 1.29 is 23.1 Å². The molecule has 2 fully saturated rings. The number of fused-ring (bicyclic) bond motifs is 1. The zero-order chi connectivity index (χ0) is 16.1. The van der Waals surface area contributed by atoms with Crippen LogP contribution in [0.1, 0.15) is 28.9 Å². The molecule has 2 aliphatic rings. The number of hydrogen-bond donors (Lipinski definition) is 1. The lowest BCUT2D eigenvalue weighted by Gasteiger charge is -2.23. The molecule has 3 rings (SSSR count). The molecule has 1 aromatic heterocycles. The fourth-order valence-electron chi connectivity index (χ4n) is 3.57. The molecule has 0 bridgehead atoms. The lowest BCUT2D eigenvalue weighted by molar-refractivity contribution is -0.149. The summed E-state index contributed by atoms with van der Waals surface area (Å²) in [6.45, 7) is 0.662. The first-order chi connectivity index (χ1) is 10.2. The van der Waals surface area contributed by atoms with Crippen molar-refractivity contribution in [3.05, 3.63) is 16.3 Å². The van der Waals surface area contributed by atoms with Gasteiger partial charge in [0.05, 0.1) is 15.2 Å². The Bertz CT molecular complexity index is 738. The number of carbonyl (C=O) groups excluding carboxylic acids is 1. The number of nitrogens with zero attached hydrogens (tertiary/aromatic N) is 1. The second-order valence-corrected chi connectivity index (χ2v) is 9.08. The van der Waals surface area contributed by atoms with Gasteiger partial charge in [-0.15, -0.1) is 11.3 Å². The highest BCUT2D eigenvalue weighted by Gasteiger charge is 2.55. The van der Waals surface area contributed by atoms with Gasteiger partial charge in [0.15, 0.2) is 9.84 Å². The van der Waals surface area contributed by atoms with E-state index in [1.807, 2.05) is 0 Å². The molecule has 1 aromatic rings. The van der Waals surface area contributed by atoms with E-state index in [-0.39, 0.29) is 23.3 Å². The van der Waals surface area contributed by atoms with Crippen LogP contribution in [0, 0.1) is 11.3 Å². The minimum atomic E-state index is -3.33. The van der Waals surface area contributed by atoms with Crippen LogP contribution in [0.25, 0.3) is 0 Å². The molecule has 0 spiro atoms. The first kappa shape index (κ1) is 15.5. The average molecular weight is 343 g/mol. The van der Waals surface area contributed by atoms with Gasteiger partial charge in [-0.2, -0.15) is 0 Å². The maximum atomic E-state index is 12.5. The summed E-state index contributed by atoms with van der Waals surface area (Å²) in [4.78, 5) is 26.2. The first-order valence-electron chi connectivity index (χ1n) is 7.05. The molecule has 6 nitrogen and oxygen atoms in total. The van der Waals surface area contributed by atoms with Gasteiger partial charge in [0.1, 0.15) is 0 Å². The van der Waals surface area contributed by atoms with Crippen molar-refractivity contribution in [2.45, 2.75) is 24.2 Å². The number of amides is 1. The molecular formula is C14H17NO5S2. The van der Waals surface area contributed by atoms with E-state index in [1.165, 1.54) is 11.4 Å². The molecule has 1 saturated heterocycles. The summed E-state index contributed by atoms with van der Waals surface area (Å²) in [5.41, 5.74) is -0.813. The lowest BCUT2D eigenvalue weighted by Crippen LogP contribution is -2.37. The minimum absolute atomic E-state index is 0.00305. The van der Waals surface area contributed by atoms with Crippen molar-refractivity contribution in [1.82, 2.24) is 4.90 Å². The maximum Gasteiger partial charge on any atom is 0.311 e.